The molecule has 0 atom stereocenters. The van der Waals surface area contributed by atoms with E-state index in [9.17, 15) is 4.79 Å². The Kier molecular flexibility index (Phi) is 3.49. The summed E-state index contributed by atoms with van der Waals surface area (Å²) < 4.78 is 5.52. The Balaban J connectivity index is 2.23. The van der Waals surface area contributed by atoms with E-state index < -0.39 is 0 Å². The van der Waals surface area contributed by atoms with Crippen molar-refractivity contribution in [2.24, 2.45) is 0 Å². The fraction of sp³-hybridized carbons (Fsp3) is 0.0909. The van der Waals surface area contributed by atoms with Crippen molar-refractivity contribution in [2.45, 2.75) is 6.92 Å². The van der Waals surface area contributed by atoms with E-state index in [-0.39, 0.29) is 5.91 Å². The van der Waals surface area contributed by atoms with Gasteiger partial charge in [0, 0.05) is 10.5 Å². The molecule has 88 valence electrons. The molecule has 0 unspecified atom stereocenters. The summed E-state index contributed by atoms with van der Waals surface area (Å²) in [7, 11) is 0. The maximum atomic E-state index is 11.9. The Labute approximate surface area is 111 Å². The van der Waals surface area contributed by atoms with E-state index in [0.29, 0.717) is 26.6 Å². The quantitative estimate of drug-likeness (QED) is 0.920. The third kappa shape index (κ3) is 2.68. The number of carbonyl (C=O) groups excluding carboxylic acids is 1. The Hall–Kier alpha value is -1.33. The molecule has 0 fully saturated rings. The van der Waals surface area contributed by atoms with Gasteiger partial charge in [0.05, 0.1) is 10.6 Å². The van der Waals surface area contributed by atoms with Crippen LogP contribution in [0.2, 0.25) is 5.02 Å². The minimum absolute atomic E-state index is 0.329. The van der Waals surface area contributed by atoms with Gasteiger partial charge in [0.15, 0.2) is 5.82 Å². The number of hydrogen-bond acceptors (Lipinski definition) is 3. The van der Waals surface area contributed by atoms with Crippen LogP contribution in [0.15, 0.2) is 33.3 Å². The zero-order valence-electron chi connectivity index (χ0n) is 8.83. The van der Waals surface area contributed by atoms with E-state index >= 15 is 0 Å². The van der Waals surface area contributed by atoms with Gasteiger partial charge >= 0.3 is 0 Å². The van der Waals surface area contributed by atoms with Gasteiger partial charge in [-0.25, -0.2) is 0 Å². The third-order valence-corrected chi connectivity index (χ3v) is 3.36. The van der Waals surface area contributed by atoms with Gasteiger partial charge in [0.2, 0.25) is 0 Å². The van der Waals surface area contributed by atoms with E-state index in [1.54, 1.807) is 31.2 Å². The molecule has 0 aliphatic carbocycles. The predicted octanol–water partition coefficient (Wildman–Crippen LogP) is 3.65. The highest BCUT2D eigenvalue weighted by atomic mass is 79.9. The smallest absolute Gasteiger partial charge is 0.258 e. The lowest BCUT2D eigenvalue weighted by molar-refractivity contribution is 0.102. The molecule has 0 aliphatic heterocycles. The van der Waals surface area contributed by atoms with Crippen LogP contribution in [-0.2, 0) is 0 Å². The van der Waals surface area contributed by atoms with Gasteiger partial charge in [-0.15, -0.1) is 0 Å². The lowest BCUT2D eigenvalue weighted by Gasteiger charge is -2.04. The molecule has 0 saturated heterocycles. The molecule has 0 bridgehead atoms. The molecular formula is C11H8BrClN2O2. The van der Waals surface area contributed by atoms with Crippen LogP contribution in [-0.4, -0.2) is 11.1 Å². The molecular weight excluding hydrogens is 307 g/mol. The van der Waals surface area contributed by atoms with Crippen LogP contribution in [0.3, 0.4) is 0 Å². The second kappa shape index (κ2) is 4.89. The van der Waals surface area contributed by atoms with Crippen LogP contribution >= 0.6 is 27.5 Å². The summed E-state index contributed by atoms with van der Waals surface area (Å²) in [5, 5.41) is 6.64. The fourth-order valence-corrected chi connectivity index (χ4v) is 1.87. The zero-order chi connectivity index (χ0) is 12.4. The topological polar surface area (TPSA) is 55.1 Å². The van der Waals surface area contributed by atoms with Crippen molar-refractivity contribution in [1.82, 2.24) is 5.16 Å². The normalized spacial score (nSPS) is 10.3. The van der Waals surface area contributed by atoms with Crippen molar-refractivity contribution >= 4 is 39.3 Å². The number of aryl methyl sites for hydroxylation is 1. The van der Waals surface area contributed by atoms with Crippen molar-refractivity contribution in [3.8, 4) is 0 Å². The molecule has 4 nitrogen and oxygen atoms in total. The number of rotatable bonds is 2. The molecule has 1 N–H and O–H groups in total. The van der Waals surface area contributed by atoms with Crippen molar-refractivity contribution < 1.29 is 9.32 Å². The van der Waals surface area contributed by atoms with E-state index in [1.807, 2.05) is 0 Å². The summed E-state index contributed by atoms with van der Waals surface area (Å²) in [6.45, 7) is 1.74. The lowest BCUT2D eigenvalue weighted by atomic mass is 10.2. The summed E-state index contributed by atoms with van der Waals surface area (Å²) in [5.41, 5.74) is 0.377. The average molecular weight is 316 g/mol. The molecule has 1 heterocycles. The maximum absolute atomic E-state index is 11.9. The maximum Gasteiger partial charge on any atom is 0.258 e. The van der Waals surface area contributed by atoms with E-state index in [1.165, 1.54) is 0 Å². The molecule has 6 heteroatoms. The third-order valence-electron chi connectivity index (χ3n) is 2.07. The minimum Gasteiger partial charge on any atom is -0.360 e. The number of amides is 1. The first-order valence-electron chi connectivity index (χ1n) is 4.76. The van der Waals surface area contributed by atoms with Crippen molar-refractivity contribution in [1.29, 1.82) is 0 Å². The largest absolute Gasteiger partial charge is 0.360 e. The summed E-state index contributed by atoms with van der Waals surface area (Å²) >= 11 is 9.27. The van der Waals surface area contributed by atoms with Crippen molar-refractivity contribution in [3.05, 3.63) is 45.1 Å². The Morgan fingerprint density at radius 2 is 2.29 bits per heavy atom. The van der Waals surface area contributed by atoms with Crippen molar-refractivity contribution in [2.75, 3.05) is 5.32 Å². The van der Waals surface area contributed by atoms with Gasteiger partial charge in [-0.1, -0.05) is 22.8 Å². The second-order valence-corrected chi connectivity index (χ2v) is 4.61. The van der Waals surface area contributed by atoms with Gasteiger partial charge in [0.25, 0.3) is 5.91 Å². The number of nitrogens with one attached hydrogen (secondary N) is 1. The number of nitrogens with zero attached hydrogens (tertiary/aromatic N) is 1. The van der Waals surface area contributed by atoms with E-state index in [2.05, 4.69) is 26.4 Å². The summed E-state index contributed by atoms with van der Waals surface area (Å²) in [6, 6.07) is 6.76. The first kappa shape index (κ1) is 12.1. The Bertz CT molecular complexity index is 568. The van der Waals surface area contributed by atoms with Crippen LogP contribution in [0.1, 0.15) is 16.1 Å². The monoisotopic (exact) mass is 314 g/mol. The van der Waals surface area contributed by atoms with Gasteiger partial charge in [-0.05, 0) is 35.0 Å². The second-order valence-electron chi connectivity index (χ2n) is 3.38. The van der Waals surface area contributed by atoms with Crippen LogP contribution in [0, 0.1) is 6.92 Å². The van der Waals surface area contributed by atoms with Crippen molar-refractivity contribution in [3.63, 3.8) is 0 Å². The van der Waals surface area contributed by atoms with Crippen LogP contribution < -0.4 is 5.32 Å². The Morgan fingerprint density at radius 3 is 2.94 bits per heavy atom. The molecule has 17 heavy (non-hydrogen) atoms. The van der Waals surface area contributed by atoms with Gasteiger partial charge in [0.1, 0.15) is 5.76 Å². The molecule has 1 amide bonds. The van der Waals surface area contributed by atoms with E-state index in [0.717, 1.165) is 0 Å². The highest BCUT2D eigenvalue weighted by molar-refractivity contribution is 9.10. The van der Waals surface area contributed by atoms with Gasteiger partial charge in [-0.3, -0.25) is 4.79 Å². The number of benzene rings is 1. The molecule has 2 rings (SSSR count). The van der Waals surface area contributed by atoms with Gasteiger partial charge < -0.3 is 9.84 Å². The minimum atomic E-state index is -0.329. The number of carbonyl (C=O) groups is 1. The predicted molar refractivity (Wildman–Crippen MR) is 68.3 cm³/mol. The molecule has 1 aromatic carbocycles. The zero-order valence-corrected chi connectivity index (χ0v) is 11.2. The molecule has 2 aromatic rings. The van der Waals surface area contributed by atoms with Crippen LogP contribution in [0.4, 0.5) is 5.82 Å². The molecule has 0 spiro atoms. The molecule has 0 radical (unpaired) electrons. The number of halogens is 2. The lowest BCUT2D eigenvalue weighted by Crippen LogP contribution is -2.12. The van der Waals surface area contributed by atoms with Crippen LogP contribution in [0.25, 0.3) is 0 Å². The summed E-state index contributed by atoms with van der Waals surface area (Å²) in [5.74, 6) is 0.661. The molecule has 0 aliphatic rings. The first-order valence-corrected chi connectivity index (χ1v) is 5.93. The molecule has 1 aromatic heterocycles. The average Bonchev–Trinajstić information content (AvgIpc) is 2.68. The number of hydrogen-bond donors (Lipinski definition) is 1. The number of anilines is 1. The summed E-state index contributed by atoms with van der Waals surface area (Å²) in [4.78, 5) is 11.9. The molecule has 0 saturated carbocycles. The SMILES string of the molecule is Cc1cc(NC(=O)c2cccc(Br)c2Cl)no1. The fourth-order valence-electron chi connectivity index (χ4n) is 1.29. The van der Waals surface area contributed by atoms with Gasteiger partial charge in [-0.2, -0.15) is 0 Å². The highest BCUT2D eigenvalue weighted by Crippen LogP contribution is 2.26. The standard InChI is InChI=1S/C11H8BrClN2O2/c1-6-5-9(15-17-6)14-11(16)7-3-2-4-8(12)10(7)13/h2-5H,1H3,(H,14,15,16). The highest BCUT2D eigenvalue weighted by Gasteiger charge is 2.13. The van der Waals surface area contributed by atoms with Crippen LogP contribution in [0.5, 0.6) is 0 Å². The first-order chi connectivity index (χ1) is 8.08. The van der Waals surface area contributed by atoms with E-state index in [4.69, 9.17) is 16.1 Å². The number of aromatic nitrogens is 1. The summed E-state index contributed by atoms with van der Waals surface area (Å²) in [6.07, 6.45) is 0. The Morgan fingerprint density at radius 1 is 1.53 bits per heavy atom.